The standard InChI is InChI=1S/C57H109N3O5/c1-6-11-15-19-24-32-40-53(41-33-25-20-16-12-7-2)64-56(62)44-36-28-23-29-38-48-59(51-55-58-46-49-60(55)47-10-5)50-52(61)39-31-30-37-45-57(63)65-54(42-34-26-21-17-13-8-3)43-35-27-22-18-14-9-4/h46,49,52-54,61H,6-45,47-48,50-51H2,1-5H3. The van der Waals surface area contributed by atoms with Crippen LogP contribution in [0.2, 0.25) is 0 Å². The van der Waals surface area contributed by atoms with E-state index in [1.54, 1.807) is 0 Å². The van der Waals surface area contributed by atoms with Crippen LogP contribution in [0.25, 0.3) is 0 Å². The molecule has 1 N–H and O–H groups in total. The van der Waals surface area contributed by atoms with Gasteiger partial charge in [-0.15, -0.1) is 0 Å². The molecule has 1 aromatic heterocycles. The highest BCUT2D eigenvalue weighted by Crippen LogP contribution is 2.21. The van der Waals surface area contributed by atoms with Gasteiger partial charge < -0.3 is 19.1 Å². The summed E-state index contributed by atoms with van der Waals surface area (Å²) in [5.41, 5.74) is 0. The number of unbranched alkanes of at least 4 members (excludes halogenated alkanes) is 26. The Balaban J connectivity index is 2.50. The SMILES string of the molecule is CCCCCCCCC(CCCCCCCC)OC(=O)CCCCCCCN(Cc1nccn1CCC)CC(O)CCCCCC(=O)OC(CCCCCCCC)CCCCCCCC. The molecule has 0 amide bonds. The van der Waals surface area contributed by atoms with Crippen molar-refractivity contribution >= 4 is 11.9 Å². The highest BCUT2D eigenvalue weighted by atomic mass is 16.5. The maximum Gasteiger partial charge on any atom is 0.306 e. The van der Waals surface area contributed by atoms with Gasteiger partial charge in [-0.25, -0.2) is 4.98 Å². The van der Waals surface area contributed by atoms with Gasteiger partial charge in [0.2, 0.25) is 0 Å². The lowest BCUT2D eigenvalue weighted by Gasteiger charge is -2.25. The predicted molar refractivity (Wildman–Crippen MR) is 276 cm³/mol. The van der Waals surface area contributed by atoms with Gasteiger partial charge in [0.05, 0.1) is 12.6 Å². The number of nitrogens with zero attached hydrogens (tertiary/aromatic N) is 3. The van der Waals surface area contributed by atoms with Crippen LogP contribution in [0.15, 0.2) is 12.4 Å². The Morgan fingerprint density at radius 3 is 1.31 bits per heavy atom. The molecule has 0 spiro atoms. The van der Waals surface area contributed by atoms with Crippen LogP contribution < -0.4 is 0 Å². The third-order valence-electron chi connectivity index (χ3n) is 13.5. The molecule has 382 valence electrons. The molecule has 0 aliphatic carbocycles. The number of rotatable bonds is 50. The Labute approximate surface area is 403 Å². The van der Waals surface area contributed by atoms with Gasteiger partial charge in [-0.05, 0) is 90.0 Å². The minimum absolute atomic E-state index is 0.000822. The van der Waals surface area contributed by atoms with E-state index in [1.807, 2.05) is 6.20 Å². The quantitative estimate of drug-likeness (QED) is 0.0514. The van der Waals surface area contributed by atoms with E-state index in [1.165, 1.54) is 141 Å². The molecule has 1 heterocycles. The number of hydrogen-bond acceptors (Lipinski definition) is 7. The Bertz CT molecular complexity index is 1140. The number of aliphatic hydroxyl groups is 1. The second kappa shape index (κ2) is 45.8. The summed E-state index contributed by atoms with van der Waals surface area (Å²) >= 11 is 0. The fourth-order valence-electron chi connectivity index (χ4n) is 9.34. The Hall–Kier alpha value is -1.93. The van der Waals surface area contributed by atoms with Gasteiger partial charge >= 0.3 is 11.9 Å². The molecule has 0 aliphatic heterocycles. The number of aromatic nitrogens is 2. The fraction of sp³-hybridized carbons (Fsp3) is 0.912. The van der Waals surface area contributed by atoms with Gasteiger partial charge in [-0.3, -0.25) is 14.5 Å². The minimum atomic E-state index is -0.410. The van der Waals surface area contributed by atoms with Crippen molar-refractivity contribution in [2.75, 3.05) is 13.1 Å². The van der Waals surface area contributed by atoms with Crippen LogP contribution in [-0.2, 0) is 32.2 Å². The van der Waals surface area contributed by atoms with Gasteiger partial charge in [0.15, 0.2) is 0 Å². The van der Waals surface area contributed by atoms with Crippen LogP contribution in [-0.4, -0.2) is 62.9 Å². The van der Waals surface area contributed by atoms with Crippen LogP contribution >= 0.6 is 0 Å². The van der Waals surface area contributed by atoms with Crippen LogP contribution in [0.3, 0.4) is 0 Å². The minimum Gasteiger partial charge on any atom is -0.462 e. The summed E-state index contributed by atoms with van der Waals surface area (Å²) in [5, 5.41) is 11.2. The topological polar surface area (TPSA) is 93.9 Å². The molecule has 0 saturated carbocycles. The zero-order valence-corrected chi connectivity index (χ0v) is 43.9. The number of esters is 2. The first kappa shape index (κ1) is 61.1. The lowest BCUT2D eigenvalue weighted by atomic mass is 10.0. The molecule has 65 heavy (non-hydrogen) atoms. The third-order valence-corrected chi connectivity index (χ3v) is 13.5. The normalized spacial score (nSPS) is 12.3. The van der Waals surface area contributed by atoms with Crippen molar-refractivity contribution in [2.45, 2.75) is 323 Å². The Morgan fingerprint density at radius 1 is 0.508 bits per heavy atom. The van der Waals surface area contributed by atoms with Crippen molar-refractivity contribution < 1.29 is 24.2 Å². The summed E-state index contributed by atoms with van der Waals surface area (Å²) in [6.45, 7) is 14.5. The first-order valence-electron chi connectivity index (χ1n) is 28.7. The number of ether oxygens (including phenoxy) is 2. The lowest BCUT2D eigenvalue weighted by molar-refractivity contribution is -0.151. The van der Waals surface area contributed by atoms with E-state index in [4.69, 9.17) is 9.47 Å². The first-order valence-corrected chi connectivity index (χ1v) is 28.7. The molecule has 8 nitrogen and oxygen atoms in total. The van der Waals surface area contributed by atoms with Crippen molar-refractivity contribution in [1.29, 1.82) is 0 Å². The molecule has 0 radical (unpaired) electrons. The summed E-state index contributed by atoms with van der Waals surface area (Å²) in [5.74, 6) is 1.03. The zero-order valence-electron chi connectivity index (χ0n) is 43.9. The van der Waals surface area contributed by atoms with Gasteiger partial charge in [0, 0.05) is 38.3 Å². The zero-order chi connectivity index (χ0) is 47.3. The number of hydrogen-bond donors (Lipinski definition) is 1. The largest absolute Gasteiger partial charge is 0.462 e. The predicted octanol–water partition coefficient (Wildman–Crippen LogP) is 16.6. The van der Waals surface area contributed by atoms with E-state index in [9.17, 15) is 14.7 Å². The van der Waals surface area contributed by atoms with Gasteiger partial charge in [0.1, 0.15) is 18.0 Å². The van der Waals surface area contributed by atoms with Crippen molar-refractivity contribution in [2.24, 2.45) is 0 Å². The molecule has 0 aliphatic rings. The van der Waals surface area contributed by atoms with E-state index in [2.05, 4.69) is 55.3 Å². The summed E-state index contributed by atoms with van der Waals surface area (Å²) < 4.78 is 14.4. The monoisotopic (exact) mass is 916 g/mol. The molecular formula is C57H109N3O5. The van der Waals surface area contributed by atoms with Gasteiger partial charge in [-0.2, -0.15) is 0 Å². The maximum absolute atomic E-state index is 12.9. The molecule has 1 aromatic rings. The van der Waals surface area contributed by atoms with E-state index in [0.29, 0.717) is 19.4 Å². The molecule has 8 heteroatoms. The van der Waals surface area contributed by atoms with Crippen LogP contribution in [0.5, 0.6) is 0 Å². The number of aliphatic hydroxyl groups excluding tert-OH is 1. The average molecular weight is 917 g/mol. The third kappa shape index (κ3) is 37.7. The van der Waals surface area contributed by atoms with Gasteiger partial charge in [-0.1, -0.05) is 195 Å². The van der Waals surface area contributed by atoms with Gasteiger partial charge in [0.25, 0.3) is 0 Å². The maximum atomic E-state index is 12.9. The fourth-order valence-corrected chi connectivity index (χ4v) is 9.34. The van der Waals surface area contributed by atoms with Crippen LogP contribution in [0.4, 0.5) is 0 Å². The number of imidazole rings is 1. The van der Waals surface area contributed by atoms with E-state index < -0.39 is 6.10 Å². The molecule has 1 unspecified atom stereocenters. The summed E-state index contributed by atoms with van der Waals surface area (Å²) in [4.78, 5) is 32.9. The molecule has 1 rings (SSSR count). The summed E-state index contributed by atoms with van der Waals surface area (Å²) in [6.07, 6.45) is 48.9. The van der Waals surface area contributed by atoms with Crippen LogP contribution in [0.1, 0.15) is 297 Å². The van der Waals surface area contributed by atoms with E-state index in [0.717, 1.165) is 128 Å². The smallest absolute Gasteiger partial charge is 0.306 e. The summed E-state index contributed by atoms with van der Waals surface area (Å²) in [7, 11) is 0. The first-order chi connectivity index (χ1) is 31.9. The van der Waals surface area contributed by atoms with Crippen LogP contribution in [0, 0.1) is 0 Å². The molecule has 0 fully saturated rings. The van der Waals surface area contributed by atoms with Crippen molar-refractivity contribution in [1.82, 2.24) is 14.5 Å². The van der Waals surface area contributed by atoms with Crippen molar-refractivity contribution in [3.05, 3.63) is 18.2 Å². The lowest BCUT2D eigenvalue weighted by Crippen LogP contribution is -2.34. The van der Waals surface area contributed by atoms with E-state index in [-0.39, 0.29) is 24.1 Å². The average Bonchev–Trinajstić information content (AvgIpc) is 3.73. The molecule has 0 aromatic carbocycles. The number of aryl methyl sites for hydroxylation is 1. The summed E-state index contributed by atoms with van der Waals surface area (Å²) in [6, 6.07) is 0. The second-order valence-corrected chi connectivity index (χ2v) is 20.0. The second-order valence-electron chi connectivity index (χ2n) is 20.0. The molecule has 0 bridgehead atoms. The number of carbonyl (C=O) groups is 2. The van der Waals surface area contributed by atoms with E-state index >= 15 is 0 Å². The number of carbonyl (C=O) groups excluding carboxylic acids is 2. The van der Waals surface area contributed by atoms with Crippen molar-refractivity contribution in [3.8, 4) is 0 Å². The molecule has 0 saturated heterocycles. The highest BCUT2D eigenvalue weighted by molar-refractivity contribution is 5.69. The molecular weight excluding hydrogens is 807 g/mol. The highest BCUT2D eigenvalue weighted by Gasteiger charge is 2.18. The van der Waals surface area contributed by atoms with Crippen molar-refractivity contribution in [3.63, 3.8) is 0 Å². The Morgan fingerprint density at radius 2 is 0.877 bits per heavy atom. The Kier molecular flexibility index (Phi) is 43.1. The molecule has 1 atom stereocenters.